The predicted octanol–water partition coefficient (Wildman–Crippen LogP) is 2.86. The molecule has 1 atom stereocenters. The Balaban J connectivity index is 0.00000312. The predicted molar refractivity (Wildman–Crippen MR) is 112 cm³/mol. The fourth-order valence-corrected chi connectivity index (χ4v) is 2.78. The van der Waals surface area contributed by atoms with Crippen LogP contribution in [0.25, 0.3) is 0 Å². The van der Waals surface area contributed by atoms with Gasteiger partial charge in [-0.1, -0.05) is 18.6 Å². The number of rotatable bonds is 7. The van der Waals surface area contributed by atoms with Crippen molar-refractivity contribution in [3.8, 4) is 5.75 Å². The second kappa shape index (κ2) is 12.3. The molecule has 1 saturated heterocycles. The number of nitrogens with one attached hydrogen (secondary N) is 2. The Bertz CT molecular complexity index is 524. The molecule has 0 radical (unpaired) electrons. The van der Waals surface area contributed by atoms with Crippen LogP contribution in [0.3, 0.4) is 0 Å². The van der Waals surface area contributed by atoms with E-state index in [2.05, 4.69) is 20.5 Å². The molecule has 1 heterocycles. The van der Waals surface area contributed by atoms with Gasteiger partial charge in [0.1, 0.15) is 6.10 Å². The number of hydrogen-bond donors (Lipinski definition) is 2. The topological polar surface area (TPSA) is 48.9 Å². The highest BCUT2D eigenvalue weighted by Gasteiger charge is 2.11. The number of benzene rings is 1. The van der Waals surface area contributed by atoms with Gasteiger partial charge in [0, 0.05) is 20.1 Å². The zero-order chi connectivity index (χ0) is 17.2. The summed E-state index contributed by atoms with van der Waals surface area (Å²) in [5.41, 5.74) is 0. The lowest BCUT2D eigenvalue weighted by molar-refractivity contribution is 0.213. The number of para-hydroxylation sites is 1. The van der Waals surface area contributed by atoms with E-state index in [1.807, 2.05) is 6.92 Å². The van der Waals surface area contributed by atoms with E-state index in [-0.39, 0.29) is 41.6 Å². The Labute approximate surface area is 167 Å². The van der Waals surface area contributed by atoms with E-state index < -0.39 is 0 Å². The van der Waals surface area contributed by atoms with Gasteiger partial charge in [0.15, 0.2) is 17.5 Å². The molecule has 0 aliphatic carbocycles. The van der Waals surface area contributed by atoms with E-state index in [0.29, 0.717) is 6.54 Å². The molecule has 25 heavy (non-hydrogen) atoms. The fourth-order valence-electron chi connectivity index (χ4n) is 2.78. The van der Waals surface area contributed by atoms with Crippen molar-refractivity contribution in [3.05, 3.63) is 30.1 Å². The van der Waals surface area contributed by atoms with Gasteiger partial charge in [0.05, 0.1) is 6.54 Å². The van der Waals surface area contributed by atoms with Gasteiger partial charge in [0.2, 0.25) is 0 Å². The number of halogens is 2. The third-order valence-electron chi connectivity index (χ3n) is 4.11. The summed E-state index contributed by atoms with van der Waals surface area (Å²) in [7, 11) is 1.75. The average molecular weight is 464 g/mol. The summed E-state index contributed by atoms with van der Waals surface area (Å²) in [6.07, 6.45) is 3.80. The highest BCUT2D eigenvalue weighted by molar-refractivity contribution is 14.0. The summed E-state index contributed by atoms with van der Waals surface area (Å²) in [5, 5.41) is 6.53. The van der Waals surface area contributed by atoms with Crippen molar-refractivity contribution in [2.45, 2.75) is 32.3 Å². The normalized spacial score (nSPS) is 16.7. The molecular formula is C18H30FIN4O. The van der Waals surface area contributed by atoms with Crippen molar-refractivity contribution in [2.24, 2.45) is 4.99 Å². The second-order valence-corrected chi connectivity index (χ2v) is 6.14. The van der Waals surface area contributed by atoms with Gasteiger partial charge in [-0.2, -0.15) is 0 Å². The molecule has 1 aromatic carbocycles. The monoisotopic (exact) mass is 464 g/mol. The fraction of sp³-hybridized carbons (Fsp3) is 0.611. The van der Waals surface area contributed by atoms with Gasteiger partial charge in [-0.3, -0.25) is 4.99 Å². The molecule has 2 rings (SSSR count). The molecule has 1 unspecified atom stereocenters. The van der Waals surface area contributed by atoms with Crippen molar-refractivity contribution < 1.29 is 9.13 Å². The first kappa shape index (κ1) is 22.0. The lowest BCUT2D eigenvalue weighted by Gasteiger charge is -2.26. The van der Waals surface area contributed by atoms with Crippen LogP contribution in [-0.2, 0) is 0 Å². The van der Waals surface area contributed by atoms with Gasteiger partial charge in [-0.15, -0.1) is 24.0 Å². The van der Waals surface area contributed by atoms with E-state index in [0.717, 1.165) is 19.0 Å². The maximum atomic E-state index is 13.6. The molecule has 142 valence electrons. The zero-order valence-electron chi connectivity index (χ0n) is 15.1. The van der Waals surface area contributed by atoms with E-state index in [1.165, 1.54) is 38.4 Å². The molecule has 0 aromatic heterocycles. The van der Waals surface area contributed by atoms with Crippen LogP contribution in [0.15, 0.2) is 29.3 Å². The molecule has 7 heteroatoms. The molecule has 1 aliphatic rings. The molecule has 5 nitrogen and oxygen atoms in total. The van der Waals surface area contributed by atoms with Crippen molar-refractivity contribution in [3.63, 3.8) is 0 Å². The highest BCUT2D eigenvalue weighted by Crippen LogP contribution is 2.16. The van der Waals surface area contributed by atoms with Gasteiger partial charge in [-0.05, 0) is 45.0 Å². The minimum atomic E-state index is -0.339. The van der Waals surface area contributed by atoms with Crippen molar-refractivity contribution in [2.75, 3.05) is 39.8 Å². The molecule has 1 aliphatic heterocycles. The van der Waals surface area contributed by atoms with Crippen LogP contribution in [0.1, 0.15) is 26.2 Å². The maximum absolute atomic E-state index is 13.6. The number of hydrogen-bond acceptors (Lipinski definition) is 3. The average Bonchev–Trinajstić information content (AvgIpc) is 2.61. The number of guanidine groups is 1. The number of likely N-dealkylation sites (tertiary alicyclic amines) is 1. The van der Waals surface area contributed by atoms with Gasteiger partial charge < -0.3 is 20.3 Å². The Morgan fingerprint density at radius 3 is 2.64 bits per heavy atom. The summed E-state index contributed by atoms with van der Waals surface area (Å²) in [4.78, 5) is 6.69. The van der Waals surface area contributed by atoms with E-state index in [4.69, 9.17) is 4.74 Å². The largest absolute Gasteiger partial charge is 0.486 e. The molecule has 0 spiro atoms. The first-order chi connectivity index (χ1) is 11.7. The molecule has 1 aromatic rings. The van der Waals surface area contributed by atoms with Gasteiger partial charge in [-0.25, -0.2) is 4.39 Å². The molecule has 0 bridgehead atoms. The minimum absolute atomic E-state index is 0. The van der Waals surface area contributed by atoms with Gasteiger partial charge in [0.25, 0.3) is 0 Å². The van der Waals surface area contributed by atoms with Crippen LogP contribution in [-0.4, -0.2) is 56.7 Å². The van der Waals surface area contributed by atoms with Crippen molar-refractivity contribution >= 4 is 29.9 Å². The molecule has 0 amide bonds. The van der Waals surface area contributed by atoms with Crippen LogP contribution in [0, 0.1) is 5.82 Å². The quantitative estimate of drug-likeness (QED) is 0.370. The summed E-state index contributed by atoms with van der Waals surface area (Å²) in [5.74, 6) is 0.684. The van der Waals surface area contributed by atoms with E-state index in [9.17, 15) is 4.39 Å². The molecule has 1 fully saturated rings. The zero-order valence-corrected chi connectivity index (χ0v) is 17.5. The lowest BCUT2D eigenvalue weighted by Crippen LogP contribution is -2.45. The number of aliphatic imine (C=N–C) groups is 1. The maximum Gasteiger partial charge on any atom is 0.191 e. The van der Waals surface area contributed by atoms with Gasteiger partial charge >= 0.3 is 0 Å². The number of nitrogens with zero attached hydrogens (tertiary/aromatic N) is 2. The van der Waals surface area contributed by atoms with Crippen LogP contribution in [0.2, 0.25) is 0 Å². The van der Waals surface area contributed by atoms with Crippen molar-refractivity contribution in [1.82, 2.24) is 15.5 Å². The minimum Gasteiger partial charge on any atom is -0.486 e. The van der Waals surface area contributed by atoms with Crippen LogP contribution < -0.4 is 15.4 Å². The number of ether oxygens (including phenoxy) is 1. The second-order valence-electron chi connectivity index (χ2n) is 6.14. The summed E-state index contributed by atoms with van der Waals surface area (Å²) < 4.78 is 19.2. The molecule has 2 N–H and O–H groups in total. The number of piperidine rings is 1. The first-order valence-electron chi connectivity index (χ1n) is 8.77. The van der Waals surface area contributed by atoms with E-state index >= 15 is 0 Å². The summed E-state index contributed by atoms with van der Waals surface area (Å²) >= 11 is 0. The Morgan fingerprint density at radius 2 is 1.96 bits per heavy atom. The van der Waals surface area contributed by atoms with Crippen LogP contribution in [0.5, 0.6) is 5.75 Å². The summed E-state index contributed by atoms with van der Waals surface area (Å²) in [6, 6.07) is 6.45. The van der Waals surface area contributed by atoms with Crippen LogP contribution >= 0.6 is 24.0 Å². The van der Waals surface area contributed by atoms with E-state index in [1.54, 1.807) is 25.2 Å². The van der Waals surface area contributed by atoms with Crippen molar-refractivity contribution in [1.29, 1.82) is 0 Å². The van der Waals surface area contributed by atoms with Crippen LogP contribution in [0.4, 0.5) is 4.39 Å². The standard InChI is InChI=1S/C18H29FN4O.HI/c1-15(24-17-9-5-4-8-16(17)19)14-22-18(20-2)21-10-13-23-11-6-3-7-12-23;/h4-5,8-9,15H,3,6-7,10-14H2,1-2H3,(H2,20,21,22);1H. The Morgan fingerprint density at radius 1 is 1.24 bits per heavy atom. The first-order valence-corrected chi connectivity index (χ1v) is 8.77. The smallest absolute Gasteiger partial charge is 0.191 e. The Hall–Kier alpha value is -1.09. The molecular weight excluding hydrogens is 434 g/mol. The molecule has 0 saturated carbocycles. The summed E-state index contributed by atoms with van der Waals surface area (Å²) in [6.45, 7) is 6.74. The third kappa shape index (κ3) is 8.22. The highest BCUT2D eigenvalue weighted by atomic mass is 127. The third-order valence-corrected chi connectivity index (χ3v) is 4.11. The Kier molecular flexibility index (Phi) is 10.8. The SMILES string of the molecule is CN=C(NCCN1CCCCC1)NCC(C)Oc1ccccc1F.I. The lowest BCUT2D eigenvalue weighted by atomic mass is 10.1.